The molecule has 0 saturated heterocycles. The predicted molar refractivity (Wildman–Crippen MR) is 119 cm³/mol. The van der Waals surface area contributed by atoms with Crippen molar-refractivity contribution in [2.45, 2.75) is 50.6 Å². The predicted octanol–water partition coefficient (Wildman–Crippen LogP) is 4.48. The molecule has 1 fully saturated rings. The van der Waals surface area contributed by atoms with Crippen LogP contribution >= 0.6 is 12.4 Å². The van der Waals surface area contributed by atoms with E-state index in [1.807, 2.05) is 36.4 Å². The van der Waals surface area contributed by atoms with Gasteiger partial charge in [0.1, 0.15) is 5.82 Å². The average Bonchev–Trinajstić information content (AvgIpc) is 3.17. The first kappa shape index (κ1) is 21.3. The molecule has 1 heterocycles. The zero-order valence-corrected chi connectivity index (χ0v) is 17.5. The third kappa shape index (κ3) is 5.37. The van der Waals surface area contributed by atoms with Gasteiger partial charge in [-0.3, -0.25) is 4.79 Å². The van der Waals surface area contributed by atoms with Gasteiger partial charge >= 0.3 is 0 Å². The SMILES string of the molecule is C[C@@H](NCC(=O)NC1CCC(c2nc3ccccc3[nH]2)CC1)c1ccccc1.Cl. The molecular weight excluding hydrogens is 384 g/mol. The summed E-state index contributed by atoms with van der Waals surface area (Å²) < 4.78 is 0. The van der Waals surface area contributed by atoms with Crippen LogP contribution in [0.25, 0.3) is 11.0 Å². The van der Waals surface area contributed by atoms with Crippen LogP contribution in [0.1, 0.15) is 56.0 Å². The second-order valence-electron chi connectivity index (χ2n) is 7.77. The summed E-state index contributed by atoms with van der Waals surface area (Å²) >= 11 is 0. The molecule has 0 aliphatic heterocycles. The Morgan fingerprint density at radius 1 is 1.07 bits per heavy atom. The number of amides is 1. The summed E-state index contributed by atoms with van der Waals surface area (Å²) in [5, 5.41) is 6.50. The fourth-order valence-electron chi connectivity index (χ4n) is 4.06. The highest BCUT2D eigenvalue weighted by molar-refractivity contribution is 5.85. The lowest BCUT2D eigenvalue weighted by molar-refractivity contribution is -0.121. The Hall–Kier alpha value is -2.37. The van der Waals surface area contributed by atoms with E-state index in [0.717, 1.165) is 42.5 Å². The fraction of sp³-hybridized carbons (Fsp3) is 0.391. The topological polar surface area (TPSA) is 69.8 Å². The van der Waals surface area contributed by atoms with Gasteiger partial charge in [-0.1, -0.05) is 42.5 Å². The van der Waals surface area contributed by atoms with E-state index in [9.17, 15) is 4.79 Å². The summed E-state index contributed by atoms with van der Waals surface area (Å²) in [5.74, 6) is 1.62. The van der Waals surface area contributed by atoms with Gasteiger partial charge in [-0.2, -0.15) is 0 Å². The molecule has 29 heavy (non-hydrogen) atoms. The number of carbonyl (C=O) groups is 1. The maximum atomic E-state index is 12.3. The first-order chi connectivity index (χ1) is 13.7. The van der Waals surface area contributed by atoms with Crippen LogP contribution in [0.3, 0.4) is 0 Å². The number of benzene rings is 2. The number of H-pyrrole nitrogens is 1. The van der Waals surface area contributed by atoms with Crippen LogP contribution in [-0.4, -0.2) is 28.5 Å². The van der Waals surface area contributed by atoms with E-state index in [1.165, 1.54) is 5.56 Å². The maximum Gasteiger partial charge on any atom is 0.234 e. The van der Waals surface area contributed by atoms with Crippen molar-refractivity contribution in [3.05, 3.63) is 66.0 Å². The summed E-state index contributed by atoms with van der Waals surface area (Å²) in [4.78, 5) is 20.5. The lowest BCUT2D eigenvalue weighted by Gasteiger charge is -2.28. The molecule has 0 spiro atoms. The average molecular weight is 413 g/mol. The Labute approximate surface area is 178 Å². The summed E-state index contributed by atoms with van der Waals surface area (Å²) in [6.07, 6.45) is 4.11. The number of para-hydroxylation sites is 2. The smallest absolute Gasteiger partial charge is 0.234 e. The van der Waals surface area contributed by atoms with Crippen LogP contribution in [0.15, 0.2) is 54.6 Å². The largest absolute Gasteiger partial charge is 0.352 e. The second-order valence-corrected chi connectivity index (χ2v) is 7.77. The second kappa shape index (κ2) is 9.90. The monoisotopic (exact) mass is 412 g/mol. The number of aromatic nitrogens is 2. The molecule has 5 nitrogen and oxygen atoms in total. The van der Waals surface area contributed by atoms with Crippen LogP contribution in [0.4, 0.5) is 0 Å². The van der Waals surface area contributed by atoms with Crippen molar-refractivity contribution in [3.63, 3.8) is 0 Å². The highest BCUT2D eigenvalue weighted by atomic mass is 35.5. The normalized spacial score (nSPS) is 20.0. The van der Waals surface area contributed by atoms with Crippen molar-refractivity contribution in [1.82, 2.24) is 20.6 Å². The number of aromatic amines is 1. The highest BCUT2D eigenvalue weighted by Crippen LogP contribution is 2.32. The molecule has 0 unspecified atom stereocenters. The highest BCUT2D eigenvalue weighted by Gasteiger charge is 2.25. The summed E-state index contributed by atoms with van der Waals surface area (Å²) in [7, 11) is 0. The van der Waals surface area contributed by atoms with Crippen molar-refractivity contribution in [1.29, 1.82) is 0 Å². The number of rotatable bonds is 6. The van der Waals surface area contributed by atoms with E-state index in [1.54, 1.807) is 0 Å². The number of carbonyl (C=O) groups excluding carboxylic acids is 1. The molecule has 1 aliphatic carbocycles. The lowest BCUT2D eigenvalue weighted by Crippen LogP contribution is -2.42. The van der Waals surface area contributed by atoms with E-state index in [0.29, 0.717) is 12.5 Å². The third-order valence-corrected chi connectivity index (χ3v) is 5.76. The van der Waals surface area contributed by atoms with Gasteiger partial charge in [-0.15, -0.1) is 12.4 Å². The number of hydrogen-bond acceptors (Lipinski definition) is 3. The Balaban J connectivity index is 0.00000240. The van der Waals surface area contributed by atoms with E-state index in [4.69, 9.17) is 4.98 Å². The van der Waals surface area contributed by atoms with Gasteiger partial charge in [0.25, 0.3) is 0 Å². The molecule has 1 saturated carbocycles. The summed E-state index contributed by atoms with van der Waals surface area (Å²) in [5.41, 5.74) is 3.33. The Morgan fingerprint density at radius 2 is 1.76 bits per heavy atom. The first-order valence-corrected chi connectivity index (χ1v) is 10.2. The van der Waals surface area contributed by atoms with Gasteiger partial charge < -0.3 is 15.6 Å². The quantitative estimate of drug-likeness (QED) is 0.559. The van der Waals surface area contributed by atoms with Crippen molar-refractivity contribution < 1.29 is 4.79 Å². The summed E-state index contributed by atoms with van der Waals surface area (Å²) in [6.45, 7) is 2.43. The minimum atomic E-state index is 0. The van der Waals surface area contributed by atoms with Crippen molar-refractivity contribution in [3.8, 4) is 0 Å². The number of nitrogens with zero attached hydrogens (tertiary/aromatic N) is 1. The zero-order valence-electron chi connectivity index (χ0n) is 16.7. The molecule has 1 aromatic heterocycles. The molecular formula is C23H29ClN4O. The van der Waals surface area contributed by atoms with Gasteiger partial charge in [0, 0.05) is 18.0 Å². The molecule has 0 radical (unpaired) electrons. The number of nitrogens with one attached hydrogen (secondary N) is 3. The van der Waals surface area contributed by atoms with Crippen molar-refractivity contribution in [2.75, 3.05) is 6.54 Å². The van der Waals surface area contributed by atoms with Gasteiger partial charge in [-0.25, -0.2) is 4.98 Å². The van der Waals surface area contributed by atoms with E-state index in [-0.39, 0.29) is 30.4 Å². The molecule has 1 amide bonds. The molecule has 0 bridgehead atoms. The van der Waals surface area contributed by atoms with E-state index < -0.39 is 0 Å². The summed E-state index contributed by atoms with van der Waals surface area (Å²) in [6, 6.07) is 18.8. The maximum absolute atomic E-state index is 12.3. The molecule has 1 aliphatic rings. The first-order valence-electron chi connectivity index (χ1n) is 10.2. The number of imidazole rings is 1. The Kier molecular flexibility index (Phi) is 7.29. The van der Waals surface area contributed by atoms with Crippen LogP contribution in [0.5, 0.6) is 0 Å². The molecule has 1 atom stereocenters. The van der Waals surface area contributed by atoms with Crippen LogP contribution in [0.2, 0.25) is 0 Å². The molecule has 4 rings (SSSR count). The molecule has 2 aromatic carbocycles. The van der Waals surface area contributed by atoms with Crippen LogP contribution in [-0.2, 0) is 4.79 Å². The Bertz CT molecular complexity index is 886. The number of fused-ring (bicyclic) bond motifs is 1. The minimum absolute atomic E-state index is 0. The minimum Gasteiger partial charge on any atom is -0.352 e. The molecule has 3 N–H and O–H groups in total. The van der Waals surface area contributed by atoms with Crippen LogP contribution in [0, 0.1) is 0 Å². The van der Waals surface area contributed by atoms with Gasteiger partial charge in [0.05, 0.1) is 17.6 Å². The van der Waals surface area contributed by atoms with Gasteiger partial charge in [0.15, 0.2) is 0 Å². The lowest BCUT2D eigenvalue weighted by atomic mass is 9.85. The Morgan fingerprint density at radius 3 is 2.48 bits per heavy atom. The molecule has 154 valence electrons. The van der Waals surface area contributed by atoms with E-state index in [2.05, 4.69) is 40.7 Å². The number of halogens is 1. The molecule has 6 heteroatoms. The van der Waals surface area contributed by atoms with Crippen LogP contribution < -0.4 is 10.6 Å². The standard InChI is InChI=1S/C23H28N4O.ClH/c1-16(17-7-3-2-4-8-17)24-15-22(28)25-19-13-11-18(12-14-19)23-26-20-9-5-6-10-21(20)27-23;/h2-10,16,18-19,24H,11-15H2,1H3,(H,25,28)(H,26,27);1H/t16-,18?,19?;/m1./s1. The fourth-order valence-corrected chi connectivity index (χ4v) is 4.06. The van der Waals surface area contributed by atoms with E-state index >= 15 is 0 Å². The van der Waals surface area contributed by atoms with Crippen molar-refractivity contribution in [2.24, 2.45) is 0 Å². The van der Waals surface area contributed by atoms with Gasteiger partial charge in [0.2, 0.25) is 5.91 Å². The van der Waals surface area contributed by atoms with Gasteiger partial charge in [-0.05, 0) is 50.3 Å². The number of hydrogen-bond donors (Lipinski definition) is 3. The van der Waals surface area contributed by atoms with Crippen molar-refractivity contribution >= 4 is 29.3 Å². The molecule has 3 aromatic rings. The third-order valence-electron chi connectivity index (χ3n) is 5.76. The zero-order chi connectivity index (χ0) is 19.3.